The lowest BCUT2D eigenvalue weighted by atomic mass is 10.1. The molecule has 0 aliphatic rings. The number of amides is 1. The molecular weight excluding hydrogens is 390 g/mol. The summed E-state index contributed by atoms with van der Waals surface area (Å²) in [6.07, 6.45) is -0.917. The molecule has 0 fully saturated rings. The topological polar surface area (TPSA) is 95.7 Å². The molecular formula is C18H16BrNO5. The molecule has 0 heterocycles. The largest absolute Gasteiger partial charge is 0.484 e. The SMILES string of the molecule is C[C@H](OC(=O)c1ccc(OCC(N)=O)cc1)C(=O)c1ccc(Br)cc1. The maximum Gasteiger partial charge on any atom is 0.338 e. The minimum Gasteiger partial charge on any atom is -0.484 e. The van der Waals surface area contributed by atoms with Crippen LogP contribution in [-0.2, 0) is 9.53 Å². The number of primary amides is 1. The summed E-state index contributed by atoms with van der Waals surface area (Å²) >= 11 is 3.29. The van der Waals surface area contributed by atoms with Crippen LogP contribution in [0.1, 0.15) is 27.6 Å². The Hall–Kier alpha value is -2.67. The standard InChI is InChI=1S/C18H16BrNO5/c1-11(17(22)12-2-6-14(19)7-3-12)25-18(23)13-4-8-15(9-5-13)24-10-16(20)21/h2-9,11H,10H2,1H3,(H2,20,21)/t11-/m0/s1. The normalized spacial score (nSPS) is 11.4. The van der Waals surface area contributed by atoms with Gasteiger partial charge in [0.25, 0.3) is 5.91 Å². The molecule has 0 aliphatic heterocycles. The second-order valence-corrected chi connectivity index (χ2v) is 6.11. The Morgan fingerprint density at radius 3 is 2.12 bits per heavy atom. The van der Waals surface area contributed by atoms with Crippen molar-refractivity contribution in [3.8, 4) is 5.75 Å². The van der Waals surface area contributed by atoms with E-state index in [-0.39, 0.29) is 18.0 Å². The summed E-state index contributed by atoms with van der Waals surface area (Å²) < 4.78 is 11.2. The first-order chi connectivity index (χ1) is 11.9. The van der Waals surface area contributed by atoms with Gasteiger partial charge in [-0.05, 0) is 43.3 Å². The van der Waals surface area contributed by atoms with E-state index in [9.17, 15) is 14.4 Å². The summed E-state index contributed by atoms with van der Waals surface area (Å²) in [6.45, 7) is 1.27. The number of Topliss-reactive ketones (excluding diaryl/α,β-unsaturated/α-hetero) is 1. The second kappa shape index (κ2) is 8.43. The highest BCUT2D eigenvalue weighted by atomic mass is 79.9. The molecule has 0 saturated carbocycles. The van der Waals surface area contributed by atoms with Gasteiger partial charge < -0.3 is 15.2 Å². The fourth-order valence-corrected chi connectivity index (χ4v) is 2.24. The van der Waals surface area contributed by atoms with Crippen molar-refractivity contribution in [1.82, 2.24) is 0 Å². The Morgan fingerprint density at radius 2 is 1.56 bits per heavy atom. The van der Waals surface area contributed by atoms with Crippen LogP contribution >= 0.6 is 15.9 Å². The quantitative estimate of drug-likeness (QED) is 0.564. The number of carbonyl (C=O) groups is 3. The van der Waals surface area contributed by atoms with Gasteiger partial charge in [0, 0.05) is 10.0 Å². The van der Waals surface area contributed by atoms with E-state index in [1.54, 1.807) is 24.3 Å². The second-order valence-electron chi connectivity index (χ2n) is 5.20. The third-order valence-electron chi connectivity index (χ3n) is 3.25. The highest BCUT2D eigenvalue weighted by Gasteiger charge is 2.20. The Morgan fingerprint density at radius 1 is 1.00 bits per heavy atom. The summed E-state index contributed by atoms with van der Waals surface area (Å²) in [5.41, 5.74) is 5.71. The van der Waals surface area contributed by atoms with E-state index < -0.39 is 18.0 Å². The van der Waals surface area contributed by atoms with Gasteiger partial charge in [-0.1, -0.05) is 28.1 Å². The number of ketones is 1. The van der Waals surface area contributed by atoms with Crippen LogP contribution in [0.5, 0.6) is 5.75 Å². The molecule has 2 N–H and O–H groups in total. The lowest BCUT2D eigenvalue weighted by Gasteiger charge is -2.13. The maximum absolute atomic E-state index is 12.3. The van der Waals surface area contributed by atoms with Crippen LogP contribution in [0.3, 0.4) is 0 Å². The average molecular weight is 406 g/mol. The first-order valence-electron chi connectivity index (χ1n) is 7.38. The van der Waals surface area contributed by atoms with Gasteiger partial charge in [-0.3, -0.25) is 9.59 Å². The Kier molecular flexibility index (Phi) is 6.30. The fourth-order valence-electron chi connectivity index (χ4n) is 1.97. The number of carbonyl (C=O) groups excluding carboxylic acids is 3. The number of ether oxygens (including phenoxy) is 2. The van der Waals surface area contributed by atoms with E-state index >= 15 is 0 Å². The zero-order valence-electron chi connectivity index (χ0n) is 13.4. The van der Waals surface area contributed by atoms with E-state index in [1.807, 2.05) is 0 Å². The third-order valence-corrected chi connectivity index (χ3v) is 3.78. The summed E-state index contributed by atoms with van der Waals surface area (Å²) in [7, 11) is 0. The van der Waals surface area contributed by atoms with Crippen LogP contribution in [0.15, 0.2) is 53.0 Å². The Balaban J connectivity index is 1.97. The molecule has 0 aliphatic carbocycles. The van der Waals surface area contributed by atoms with Crippen LogP contribution in [0.25, 0.3) is 0 Å². The van der Waals surface area contributed by atoms with Gasteiger partial charge in [0.2, 0.25) is 5.78 Å². The third kappa shape index (κ3) is 5.42. The van der Waals surface area contributed by atoms with Crippen molar-refractivity contribution in [2.45, 2.75) is 13.0 Å². The lowest BCUT2D eigenvalue weighted by Crippen LogP contribution is -2.24. The van der Waals surface area contributed by atoms with Gasteiger partial charge in [-0.15, -0.1) is 0 Å². The Labute approximate surface area is 153 Å². The van der Waals surface area contributed by atoms with E-state index in [0.717, 1.165) is 4.47 Å². The molecule has 0 unspecified atom stereocenters. The monoisotopic (exact) mass is 405 g/mol. The molecule has 6 nitrogen and oxygen atoms in total. The summed E-state index contributed by atoms with van der Waals surface area (Å²) in [5.74, 6) is -1.11. The van der Waals surface area contributed by atoms with Crippen LogP contribution < -0.4 is 10.5 Å². The molecule has 7 heteroatoms. The number of halogens is 1. The molecule has 130 valence electrons. The zero-order valence-corrected chi connectivity index (χ0v) is 15.0. The van der Waals surface area contributed by atoms with E-state index in [4.69, 9.17) is 15.2 Å². The number of nitrogens with two attached hydrogens (primary N) is 1. The van der Waals surface area contributed by atoms with E-state index in [1.165, 1.54) is 31.2 Å². The number of esters is 1. The van der Waals surface area contributed by atoms with Gasteiger partial charge in [-0.25, -0.2) is 4.79 Å². The highest BCUT2D eigenvalue weighted by Crippen LogP contribution is 2.16. The van der Waals surface area contributed by atoms with Crippen molar-refractivity contribution in [3.63, 3.8) is 0 Å². The minimum atomic E-state index is -0.917. The minimum absolute atomic E-state index is 0.248. The van der Waals surface area contributed by atoms with Crippen molar-refractivity contribution in [2.75, 3.05) is 6.61 Å². The molecule has 0 aromatic heterocycles. The van der Waals surface area contributed by atoms with Crippen LogP contribution in [0.2, 0.25) is 0 Å². The van der Waals surface area contributed by atoms with Crippen LogP contribution in [0, 0.1) is 0 Å². The van der Waals surface area contributed by atoms with Crippen LogP contribution in [0.4, 0.5) is 0 Å². The van der Waals surface area contributed by atoms with Crippen molar-refractivity contribution in [3.05, 3.63) is 64.1 Å². The molecule has 1 amide bonds. The molecule has 2 aromatic rings. The van der Waals surface area contributed by atoms with Crippen molar-refractivity contribution in [2.24, 2.45) is 5.73 Å². The molecule has 2 aromatic carbocycles. The summed E-state index contributed by atoms with van der Waals surface area (Å²) in [5, 5.41) is 0. The van der Waals surface area contributed by atoms with E-state index in [0.29, 0.717) is 11.3 Å². The molecule has 25 heavy (non-hydrogen) atoms. The Bertz CT molecular complexity index is 771. The number of hydrogen-bond donors (Lipinski definition) is 1. The van der Waals surface area contributed by atoms with Crippen LogP contribution in [-0.4, -0.2) is 30.4 Å². The van der Waals surface area contributed by atoms with E-state index in [2.05, 4.69) is 15.9 Å². The van der Waals surface area contributed by atoms with Crippen molar-refractivity contribution >= 4 is 33.6 Å². The lowest BCUT2D eigenvalue weighted by molar-refractivity contribution is -0.119. The number of rotatable bonds is 7. The van der Waals surface area contributed by atoms with Gasteiger partial charge in [-0.2, -0.15) is 0 Å². The van der Waals surface area contributed by atoms with Gasteiger partial charge in [0.15, 0.2) is 12.7 Å². The average Bonchev–Trinajstić information content (AvgIpc) is 2.60. The van der Waals surface area contributed by atoms with Gasteiger partial charge in [0.05, 0.1) is 5.56 Å². The molecule has 0 saturated heterocycles. The number of hydrogen-bond acceptors (Lipinski definition) is 5. The summed E-state index contributed by atoms with van der Waals surface area (Å²) in [4.78, 5) is 35.1. The van der Waals surface area contributed by atoms with Crippen molar-refractivity contribution in [1.29, 1.82) is 0 Å². The number of benzene rings is 2. The van der Waals surface area contributed by atoms with Gasteiger partial charge >= 0.3 is 5.97 Å². The maximum atomic E-state index is 12.3. The molecule has 1 atom stereocenters. The molecule has 2 rings (SSSR count). The van der Waals surface area contributed by atoms with Gasteiger partial charge in [0.1, 0.15) is 5.75 Å². The summed E-state index contributed by atoms with van der Waals surface area (Å²) in [6, 6.07) is 12.8. The predicted molar refractivity (Wildman–Crippen MR) is 94.5 cm³/mol. The molecule has 0 spiro atoms. The van der Waals surface area contributed by atoms with Crippen molar-refractivity contribution < 1.29 is 23.9 Å². The first kappa shape index (κ1) is 18.7. The molecule has 0 bridgehead atoms. The highest BCUT2D eigenvalue weighted by molar-refractivity contribution is 9.10. The molecule has 0 radical (unpaired) electrons. The zero-order chi connectivity index (χ0) is 18.4. The smallest absolute Gasteiger partial charge is 0.338 e. The predicted octanol–water partition coefficient (Wildman–Crippen LogP) is 2.74. The fraction of sp³-hybridized carbons (Fsp3) is 0.167. The first-order valence-corrected chi connectivity index (χ1v) is 8.18.